The van der Waals surface area contributed by atoms with Crippen LogP contribution in [0.2, 0.25) is 10.0 Å². The van der Waals surface area contributed by atoms with Gasteiger partial charge in [0.2, 0.25) is 0 Å². The van der Waals surface area contributed by atoms with E-state index in [0.717, 1.165) is 12.1 Å². The summed E-state index contributed by atoms with van der Waals surface area (Å²) in [6.45, 7) is 5.12. The van der Waals surface area contributed by atoms with Gasteiger partial charge >= 0.3 is 0 Å². The van der Waals surface area contributed by atoms with Crippen LogP contribution in [0.15, 0.2) is 42.5 Å². The molecule has 0 fully saturated rings. The molecule has 2 aromatic rings. The van der Waals surface area contributed by atoms with Crippen molar-refractivity contribution >= 4 is 23.2 Å². The minimum atomic E-state index is 0.460. The summed E-state index contributed by atoms with van der Waals surface area (Å²) in [6, 6.07) is 14.5. The number of hydrogen-bond acceptors (Lipinski definition) is 1. The summed E-state index contributed by atoms with van der Waals surface area (Å²) in [6.07, 6.45) is 0. The number of halogens is 2. The molecular formula is C16H17Cl2N. The average Bonchev–Trinajstić information content (AvgIpc) is 2.40. The average molecular weight is 294 g/mol. The molecule has 0 radical (unpaired) electrons. The van der Waals surface area contributed by atoms with E-state index in [1.807, 2.05) is 24.3 Å². The minimum Gasteiger partial charge on any atom is -0.310 e. The molecule has 0 aliphatic heterocycles. The van der Waals surface area contributed by atoms with Gasteiger partial charge in [-0.25, -0.2) is 0 Å². The molecule has 1 nitrogen and oxygen atoms in total. The third kappa shape index (κ3) is 3.73. The van der Waals surface area contributed by atoms with Crippen molar-refractivity contribution in [3.05, 3.63) is 58.1 Å². The van der Waals surface area contributed by atoms with Crippen LogP contribution in [0.5, 0.6) is 0 Å². The van der Waals surface area contributed by atoms with Crippen molar-refractivity contribution in [3.8, 4) is 11.1 Å². The highest BCUT2D eigenvalue weighted by molar-refractivity contribution is 6.42. The van der Waals surface area contributed by atoms with Gasteiger partial charge < -0.3 is 5.32 Å². The highest BCUT2D eigenvalue weighted by Gasteiger charge is 2.07. The maximum absolute atomic E-state index is 6.10. The maximum atomic E-state index is 6.10. The molecule has 0 spiro atoms. The molecule has 0 aliphatic carbocycles. The Hall–Kier alpha value is -1.02. The highest BCUT2D eigenvalue weighted by atomic mass is 35.5. The molecule has 0 saturated heterocycles. The number of nitrogens with one attached hydrogen (secondary N) is 1. The van der Waals surface area contributed by atoms with Gasteiger partial charge in [-0.15, -0.1) is 0 Å². The lowest BCUT2D eigenvalue weighted by Gasteiger charge is -2.13. The van der Waals surface area contributed by atoms with Crippen LogP contribution in [-0.4, -0.2) is 6.04 Å². The van der Waals surface area contributed by atoms with E-state index in [-0.39, 0.29) is 0 Å². The fourth-order valence-electron chi connectivity index (χ4n) is 1.93. The molecular weight excluding hydrogens is 277 g/mol. The summed E-state index contributed by atoms with van der Waals surface area (Å²) >= 11 is 12.1. The van der Waals surface area contributed by atoms with Crippen molar-refractivity contribution in [2.75, 3.05) is 0 Å². The minimum absolute atomic E-state index is 0.460. The normalized spacial score (nSPS) is 11.0. The monoisotopic (exact) mass is 293 g/mol. The van der Waals surface area contributed by atoms with Crippen LogP contribution in [0.4, 0.5) is 0 Å². The van der Waals surface area contributed by atoms with Gasteiger partial charge in [0, 0.05) is 12.6 Å². The van der Waals surface area contributed by atoms with Gasteiger partial charge in [-0.3, -0.25) is 0 Å². The maximum Gasteiger partial charge on any atom is 0.0598 e. The largest absolute Gasteiger partial charge is 0.310 e. The Morgan fingerprint density at radius 2 is 1.74 bits per heavy atom. The first kappa shape index (κ1) is 14.4. The molecule has 19 heavy (non-hydrogen) atoms. The van der Waals surface area contributed by atoms with Crippen LogP contribution in [0.1, 0.15) is 19.4 Å². The van der Waals surface area contributed by atoms with Gasteiger partial charge in [0.05, 0.1) is 10.0 Å². The van der Waals surface area contributed by atoms with Crippen molar-refractivity contribution in [1.29, 1.82) is 0 Å². The first-order valence-corrected chi connectivity index (χ1v) is 7.10. The van der Waals surface area contributed by atoms with E-state index in [1.54, 1.807) is 0 Å². The molecule has 0 amide bonds. The Labute approximate surface area is 124 Å². The highest BCUT2D eigenvalue weighted by Crippen LogP contribution is 2.30. The topological polar surface area (TPSA) is 12.0 Å². The summed E-state index contributed by atoms with van der Waals surface area (Å²) in [5.41, 5.74) is 3.54. The fraction of sp³-hybridized carbons (Fsp3) is 0.250. The molecule has 0 aromatic heterocycles. The van der Waals surface area contributed by atoms with E-state index in [9.17, 15) is 0 Å². The molecule has 3 heteroatoms. The number of hydrogen-bond donors (Lipinski definition) is 1. The molecule has 100 valence electrons. The first-order chi connectivity index (χ1) is 9.08. The van der Waals surface area contributed by atoms with E-state index < -0.39 is 0 Å². The summed E-state index contributed by atoms with van der Waals surface area (Å²) in [7, 11) is 0. The summed E-state index contributed by atoms with van der Waals surface area (Å²) in [5.74, 6) is 0. The fourth-order valence-corrected chi connectivity index (χ4v) is 2.23. The quantitative estimate of drug-likeness (QED) is 0.821. The zero-order valence-corrected chi connectivity index (χ0v) is 12.6. The Morgan fingerprint density at radius 3 is 2.42 bits per heavy atom. The van der Waals surface area contributed by atoms with Crippen LogP contribution in [-0.2, 0) is 6.54 Å². The van der Waals surface area contributed by atoms with E-state index >= 15 is 0 Å². The van der Waals surface area contributed by atoms with Crippen molar-refractivity contribution in [3.63, 3.8) is 0 Å². The standard InChI is InChI=1S/C16H17Cl2N/c1-11(2)19-10-13-5-3-4-6-14(13)12-7-8-15(17)16(18)9-12/h3-9,11,19H,10H2,1-2H3. The Bertz CT molecular complexity index is 564. The second kappa shape index (κ2) is 6.42. The van der Waals surface area contributed by atoms with Gasteiger partial charge in [-0.05, 0) is 28.8 Å². The summed E-state index contributed by atoms with van der Waals surface area (Å²) < 4.78 is 0. The van der Waals surface area contributed by atoms with Crippen molar-refractivity contribution in [2.24, 2.45) is 0 Å². The van der Waals surface area contributed by atoms with Crippen LogP contribution in [0.25, 0.3) is 11.1 Å². The van der Waals surface area contributed by atoms with E-state index in [0.29, 0.717) is 16.1 Å². The molecule has 0 bridgehead atoms. The molecule has 0 atom stereocenters. The number of benzene rings is 2. The van der Waals surface area contributed by atoms with Crippen LogP contribution in [0.3, 0.4) is 0 Å². The summed E-state index contributed by atoms with van der Waals surface area (Å²) in [5, 5.41) is 4.61. The lowest BCUT2D eigenvalue weighted by molar-refractivity contribution is 0.589. The lowest BCUT2D eigenvalue weighted by atomic mass is 9.99. The second-order valence-electron chi connectivity index (χ2n) is 4.82. The molecule has 1 N–H and O–H groups in total. The molecule has 0 heterocycles. The molecule has 0 saturated carbocycles. The predicted octanol–water partition coefficient (Wildman–Crippen LogP) is 5.16. The second-order valence-corrected chi connectivity index (χ2v) is 5.64. The van der Waals surface area contributed by atoms with Gasteiger partial charge in [0.1, 0.15) is 0 Å². The zero-order chi connectivity index (χ0) is 13.8. The van der Waals surface area contributed by atoms with Crippen molar-refractivity contribution in [1.82, 2.24) is 5.32 Å². The molecule has 2 rings (SSSR count). The van der Waals surface area contributed by atoms with E-state index in [4.69, 9.17) is 23.2 Å². The molecule has 2 aromatic carbocycles. The molecule has 0 unspecified atom stereocenters. The third-order valence-electron chi connectivity index (χ3n) is 2.95. The zero-order valence-electron chi connectivity index (χ0n) is 11.1. The van der Waals surface area contributed by atoms with Crippen molar-refractivity contribution < 1.29 is 0 Å². The third-order valence-corrected chi connectivity index (χ3v) is 3.69. The smallest absolute Gasteiger partial charge is 0.0598 e. The van der Waals surface area contributed by atoms with Crippen LogP contribution < -0.4 is 5.32 Å². The van der Waals surface area contributed by atoms with Crippen LogP contribution >= 0.6 is 23.2 Å². The first-order valence-electron chi connectivity index (χ1n) is 6.34. The van der Waals surface area contributed by atoms with Gasteiger partial charge in [-0.1, -0.05) is 67.4 Å². The number of rotatable bonds is 4. The summed E-state index contributed by atoms with van der Waals surface area (Å²) in [4.78, 5) is 0. The van der Waals surface area contributed by atoms with Gasteiger partial charge in [-0.2, -0.15) is 0 Å². The van der Waals surface area contributed by atoms with Gasteiger partial charge in [0.25, 0.3) is 0 Å². The van der Waals surface area contributed by atoms with Crippen LogP contribution in [0, 0.1) is 0 Å². The van der Waals surface area contributed by atoms with Gasteiger partial charge in [0.15, 0.2) is 0 Å². The van der Waals surface area contributed by atoms with E-state index in [1.165, 1.54) is 11.1 Å². The Kier molecular flexibility index (Phi) is 4.87. The van der Waals surface area contributed by atoms with Crippen molar-refractivity contribution in [2.45, 2.75) is 26.4 Å². The SMILES string of the molecule is CC(C)NCc1ccccc1-c1ccc(Cl)c(Cl)c1. The lowest BCUT2D eigenvalue weighted by Crippen LogP contribution is -2.22. The van der Waals surface area contributed by atoms with E-state index in [2.05, 4.69) is 37.4 Å². The Morgan fingerprint density at radius 1 is 1.00 bits per heavy atom. The molecule has 0 aliphatic rings. The Balaban J connectivity index is 2.35. The predicted molar refractivity (Wildman–Crippen MR) is 83.9 cm³/mol.